The molecule has 1 fully saturated rings. The number of aromatic nitrogens is 2. The number of halogens is 1. The van der Waals surface area contributed by atoms with Gasteiger partial charge in [0.05, 0.1) is 18.1 Å². The van der Waals surface area contributed by atoms with Gasteiger partial charge in [0.15, 0.2) is 0 Å². The fraction of sp³-hybridized carbons (Fsp3) is 0.600. The van der Waals surface area contributed by atoms with E-state index in [1.165, 1.54) is 19.4 Å². The summed E-state index contributed by atoms with van der Waals surface area (Å²) in [5.41, 5.74) is 1.12. The second-order valence-corrected chi connectivity index (χ2v) is 4.68. The molecule has 1 saturated heterocycles. The lowest BCUT2D eigenvalue weighted by Gasteiger charge is -2.28. The molecular weight excluding hydrogens is 242 g/mol. The lowest BCUT2D eigenvalue weighted by atomic mass is 9.95. The van der Waals surface area contributed by atoms with Crippen molar-refractivity contribution < 1.29 is 0 Å². The number of likely N-dealkylation sites (tertiary alicyclic amines) is 1. The Labute approximate surface area is 92.7 Å². The van der Waals surface area contributed by atoms with Crippen LogP contribution in [0.25, 0.3) is 0 Å². The fourth-order valence-corrected chi connectivity index (χ4v) is 2.15. The third-order valence-electron chi connectivity index (χ3n) is 2.68. The smallest absolute Gasteiger partial charge is 0.124 e. The molecule has 4 heteroatoms. The van der Waals surface area contributed by atoms with Crippen LogP contribution < -0.4 is 0 Å². The zero-order chi connectivity index (χ0) is 9.97. The fourth-order valence-electron chi connectivity index (χ4n) is 1.94. The van der Waals surface area contributed by atoms with Gasteiger partial charge in [0.1, 0.15) is 4.60 Å². The first-order valence-electron chi connectivity index (χ1n) is 4.91. The van der Waals surface area contributed by atoms with E-state index < -0.39 is 0 Å². The Morgan fingerprint density at radius 3 is 2.93 bits per heavy atom. The third kappa shape index (κ3) is 2.30. The van der Waals surface area contributed by atoms with E-state index in [9.17, 15) is 0 Å². The number of nitrogens with zero attached hydrogens (tertiary/aromatic N) is 3. The highest BCUT2D eigenvalue weighted by Gasteiger charge is 2.19. The molecule has 0 saturated carbocycles. The zero-order valence-corrected chi connectivity index (χ0v) is 9.87. The predicted molar refractivity (Wildman–Crippen MR) is 59.2 cm³/mol. The van der Waals surface area contributed by atoms with Gasteiger partial charge in [-0.3, -0.25) is 4.98 Å². The maximum atomic E-state index is 4.40. The number of piperidine rings is 1. The van der Waals surface area contributed by atoms with Crippen LogP contribution in [0, 0.1) is 0 Å². The average molecular weight is 256 g/mol. The molecule has 0 amide bonds. The molecule has 0 aromatic carbocycles. The summed E-state index contributed by atoms with van der Waals surface area (Å²) in [6.45, 7) is 2.32. The van der Waals surface area contributed by atoms with Gasteiger partial charge in [-0.25, -0.2) is 4.98 Å². The Bertz CT molecular complexity index is 299. The molecule has 2 heterocycles. The highest BCUT2D eigenvalue weighted by molar-refractivity contribution is 9.10. The summed E-state index contributed by atoms with van der Waals surface area (Å²) in [5, 5.41) is 0. The van der Waals surface area contributed by atoms with Crippen LogP contribution in [0.2, 0.25) is 0 Å². The van der Waals surface area contributed by atoms with Gasteiger partial charge in [-0.15, -0.1) is 0 Å². The Morgan fingerprint density at radius 2 is 2.29 bits per heavy atom. The molecule has 0 bridgehead atoms. The van der Waals surface area contributed by atoms with Crippen LogP contribution in [-0.4, -0.2) is 35.0 Å². The van der Waals surface area contributed by atoms with Crippen molar-refractivity contribution in [3.05, 3.63) is 22.7 Å². The highest BCUT2D eigenvalue weighted by Crippen LogP contribution is 2.24. The van der Waals surface area contributed by atoms with Gasteiger partial charge < -0.3 is 4.90 Å². The number of hydrogen-bond donors (Lipinski definition) is 0. The average Bonchev–Trinajstić information content (AvgIpc) is 2.19. The van der Waals surface area contributed by atoms with Crippen molar-refractivity contribution in [2.24, 2.45) is 0 Å². The van der Waals surface area contributed by atoms with Crippen molar-refractivity contribution in [2.75, 3.05) is 20.1 Å². The molecule has 0 spiro atoms. The topological polar surface area (TPSA) is 29.0 Å². The Balaban J connectivity index is 2.10. The van der Waals surface area contributed by atoms with Gasteiger partial charge in [-0.05, 0) is 42.4 Å². The van der Waals surface area contributed by atoms with Gasteiger partial charge in [-0.1, -0.05) is 0 Å². The monoisotopic (exact) mass is 255 g/mol. The minimum absolute atomic E-state index is 0.564. The number of rotatable bonds is 1. The van der Waals surface area contributed by atoms with Crippen molar-refractivity contribution in [1.29, 1.82) is 0 Å². The minimum atomic E-state index is 0.564. The van der Waals surface area contributed by atoms with Crippen LogP contribution in [0.4, 0.5) is 0 Å². The molecule has 1 aromatic rings. The van der Waals surface area contributed by atoms with Crippen LogP contribution in [0.15, 0.2) is 17.0 Å². The molecular formula is C10H14BrN3. The molecule has 14 heavy (non-hydrogen) atoms. The molecule has 1 aliphatic heterocycles. The lowest BCUT2D eigenvalue weighted by molar-refractivity contribution is 0.248. The summed E-state index contributed by atoms with van der Waals surface area (Å²) < 4.78 is 0.811. The third-order valence-corrected chi connectivity index (χ3v) is 3.09. The highest BCUT2D eigenvalue weighted by atomic mass is 79.9. The summed E-state index contributed by atoms with van der Waals surface area (Å²) in [6.07, 6.45) is 6.16. The van der Waals surface area contributed by atoms with E-state index in [4.69, 9.17) is 0 Å². The van der Waals surface area contributed by atoms with Gasteiger partial charge in [0.25, 0.3) is 0 Å². The molecule has 2 rings (SSSR count). The van der Waals surface area contributed by atoms with E-state index in [1.807, 2.05) is 6.20 Å². The number of likely N-dealkylation sites (N-methyl/N-ethyl adjacent to an activating group) is 1. The minimum Gasteiger partial charge on any atom is -0.306 e. The molecule has 0 N–H and O–H groups in total. The quantitative estimate of drug-likeness (QED) is 0.770. The van der Waals surface area contributed by atoms with Crippen LogP contribution in [0.5, 0.6) is 0 Å². The van der Waals surface area contributed by atoms with Crippen LogP contribution in [-0.2, 0) is 0 Å². The van der Waals surface area contributed by atoms with Crippen molar-refractivity contribution in [1.82, 2.24) is 14.9 Å². The van der Waals surface area contributed by atoms with Crippen molar-refractivity contribution in [3.8, 4) is 0 Å². The van der Waals surface area contributed by atoms with Crippen LogP contribution in [0.3, 0.4) is 0 Å². The summed E-state index contributed by atoms with van der Waals surface area (Å²) in [7, 11) is 2.17. The van der Waals surface area contributed by atoms with E-state index in [0.717, 1.165) is 16.8 Å². The molecule has 1 atom stereocenters. The van der Waals surface area contributed by atoms with Gasteiger partial charge in [0, 0.05) is 12.5 Å². The molecule has 0 aliphatic carbocycles. The summed E-state index contributed by atoms with van der Waals surface area (Å²) in [4.78, 5) is 11.0. The normalized spacial score (nSPS) is 23.7. The second kappa shape index (κ2) is 4.36. The summed E-state index contributed by atoms with van der Waals surface area (Å²) >= 11 is 3.30. The standard InChI is InChI=1S/C10H14BrN3/c1-14-4-2-3-8(7-14)9-5-13-10(11)6-12-9/h5-6,8H,2-4,7H2,1H3. The van der Waals surface area contributed by atoms with Gasteiger partial charge in [0.2, 0.25) is 0 Å². The maximum absolute atomic E-state index is 4.40. The Morgan fingerprint density at radius 1 is 1.43 bits per heavy atom. The van der Waals surface area contributed by atoms with E-state index >= 15 is 0 Å². The Hall–Kier alpha value is -0.480. The first-order valence-corrected chi connectivity index (χ1v) is 5.71. The lowest BCUT2D eigenvalue weighted by Crippen LogP contribution is -2.31. The zero-order valence-electron chi connectivity index (χ0n) is 8.28. The molecule has 1 aliphatic rings. The number of hydrogen-bond acceptors (Lipinski definition) is 3. The first-order chi connectivity index (χ1) is 6.75. The maximum Gasteiger partial charge on any atom is 0.124 e. The van der Waals surface area contributed by atoms with E-state index in [-0.39, 0.29) is 0 Å². The first kappa shape index (κ1) is 10.1. The molecule has 76 valence electrons. The van der Waals surface area contributed by atoms with E-state index in [2.05, 4.69) is 37.8 Å². The summed E-state index contributed by atoms with van der Waals surface area (Å²) in [6, 6.07) is 0. The van der Waals surface area contributed by atoms with E-state index in [0.29, 0.717) is 5.92 Å². The summed E-state index contributed by atoms with van der Waals surface area (Å²) in [5.74, 6) is 0.564. The van der Waals surface area contributed by atoms with Gasteiger partial charge >= 0.3 is 0 Å². The van der Waals surface area contributed by atoms with Crippen LogP contribution >= 0.6 is 15.9 Å². The molecule has 1 unspecified atom stereocenters. The largest absolute Gasteiger partial charge is 0.306 e. The van der Waals surface area contributed by atoms with Gasteiger partial charge in [-0.2, -0.15) is 0 Å². The van der Waals surface area contributed by atoms with Crippen molar-refractivity contribution in [3.63, 3.8) is 0 Å². The van der Waals surface area contributed by atoms with E-state index in [1.54, 1.807) is 6.20 Å². The SMILES string of the molecule is CN1CCCC(c2cnc(Br)cn2)C1. The van der Waals surface area contributed by atoms with Crippen molar-refractivity contribution >= 4 is 15.9 Å². The predicted octanol–water partition coefficient (Wildman–Crippen LogP) is 2.05. The second-order valence-electron chi connectivity index (χ2n) is 3.87. The van der Waals surface area contributed by atoms with Crippen molar-refractivity contribution in [2.45, 2.75) is 18.8 Å². The molecule has 1 aromatic heterocycles. The molecule has 0 radical (unpaired) electrons. The van der Waals surface area contributed by atoms with Crippen LogP contribution in [0.1, 0.15) is 24.5 Å². The molecule has 3 nitrogen and oxygen atoms in total. The Kier molecular flexibility index (Phi) is 3.13.